The first-order valence-corrected chi connectivity index (χ1v) is 10.4. The van der Waals surface area contributed by atoms with Crippen LogP contribution in [-0.2, 0) is 10.2 Å². The van der Waals surface area contributed by atoms with Gasteiger partial charge >= 0.3 is 0 Å². The zero-order chi connectivity index (χ0) is 22.7. The number of nitrogens with two attached hydrogens (primary N) is 2. The molecule has 4 rings (SSSR count). The van der Waals surface area contributed by atoms with Crippen LogP contribution in [0, 0.1) is 11.2 Å². The van der Waals surface area contributed by atoms with Crippen LogP contribution in [0.3, 0.4) is 0 Å². The first-order chi connectivity index (χ1) is 14.5. The molecule has 1 saturated carbocycles. The van der Waals surface area contributed by atoms with Gasteiger partial charge in [0.15, 0.2) is 0 Å². The van der Waals surface area contributed by atoms with Crippen molar-refractivity contribution < 1.29 is 14.0 Å². The van der Waals surface area contributed by atoms with E-state index in [0.717, 1.165) is 5.56 Å². The zero-order valence-electron chi connectivity index (χ0n) is 17.7. The Morgan fingerprint density at radius 3 is 2.58 bits per heavy atom. The van der Waals surface area contributed by atoms with Crippen LogP contribution in [-0.4, -0.2) is 42.3 Å². The molecule has 2 amide bonds. The molecule has 0 saturated heterocycles. The minimum absolute atomic E-state index is 0.0522. The molecular weight excluding hydrogens is 421 g/mol. The highest BCUT2D eigenvalue weighted by molar-refractivity contribution is 6.34. The molecule has 9 heteroatoms. The SMILES string of the molecule is CN(C)C(=O)c1c(N)ccc(-c2cnc3c(c2Cl)[C@]2(CC[C@@](C)(C(N)=O)C2)CN3)c1F. The number of hydrogen-bond acceptors (Lipinski definition) is 5. The summed E-state index contributed by atoms with van der Waals surface area (Å²) >= 11 is 6.85. The number of nitrogen functional groups attached to an aromatic ring is 1. The average molecular weight is 446 g/mol. The molecule has 0 radical (unpaired) electrons. The topological polar surface area (TPSA) is 114 Å². The van der Waals surface area contributed by atoms with E-state index in [1.54, 1.807) is 0 Å². The van der Waals surface area contributed by atoms with Crippen LogP contribution in [0.1, 0.15) is 42.1 Å². The summed E-state index contributed by atoms with van der Waals surface area (Å²) in [5.74, 6) is -0.985. The number of nitrogens with one attached hydrogen (secondary N) is 1. The molecule has 1 aliphatic carbocycles. The van der Waals surface area contributed by atoms with Gasteiger partial charge in [-0.05, 0) is 31.4 Å². The van der Waals surface area contributed by atoms with Gasteiger partial charge in [0.25, 0.3) is 5.91 Å². The predicted octanol–water partition coefficient (Wildman–Crippen LogP) is 3.16. The highest BCUT2D eigenvalue weighted by Crippen LogP contribution is 2.57. The van der Waals surface area contributed by atoms with Crippen LogP contribution in [0.15, 0.2) is 18.3 Å². The molecule has 1 spiro atoms. The number of anilines is 2. The highest BCUT2D eigenvalue weighted by atomic mass is 35.5. The lowest BCUT2D eigenvalue weighted by molar-refractivity contribution is -0.126. The number of aromatic nitrogens is 1. The second-order valence-electron chi connectivity index (χ2n) is 9.04. The molecule has 2 aliphatic rings. The van der Waals surface area contributed by atoms with Crippen LogP contribution in [0.25, 0.3) is 11.1 Å². The number of fused-ring (bicyclic) bond motifs is 2. The second kappa shape index (κ2) is 7.09. The fraction of sp³-hybridized carbons (Fsp3) is 0.409. The smallest absolute Gasteiger partial charge is 0.258 e. The summed E-state index contributed by atoms with van der Waals surface area (Å²) in [6.07, 6.45) is 3.39. The third-order valence-electron chi connectivity index (χ3n) is 6.70. The lowest BCUT2D eigenvalue weighted by Crippen LogP contribution is -2.35. The summed E-state index contributed by atoms with van der Waals surface area (Å²) in [4.78, 5) is 30.3. The van der Waals surface area contributed by atoms with Crippen molar-refractivity contribution in [3.05, 3.63) is 40.3 Å². The number of hydrogen-bond donors (Lipinski definition) is 3. The number of nitrogens with zero attached hydrogens (tertiary/aromatic N) is 2. The Labute approximate surface area is 184 Å². The molecule has 5 N–H and O–H groups in total. The van der Waals surface area contributed by atoms with Crippen molar-refractivity contribution in [3.63, 3.8) is 0 Å². The van der Waals surface area contributed by atoms with Crippen molar-refractivity contribution in [2.45, 2.75) is 31.6 Å². The normalized spacial score (nSPS) is 24.2. The first-order valence-electron chi connectivity index (χ1n) is 10.0. The van der Waals surface area contributed by atoms with Gasteiger partial charge in [0, 0.05) is 60.0 Å². The van der Waals surface area contributed by atoms with Gasteiger partial charge in [-0.1, -0.05) is 18.5 Å². The van der Waals surface area contributed by atoms with Gasteiger partial charge in [-0.15, -0.1) is 0 Å². The van der Waals surface area contributed by atoms with E-state index in [0.29, 0.717) is 42.2 Å². The summed E-state index contributed by atoms with van der Waals surface area (Å²) < 4.78 is 15.5. The third kappa shape index (κ3) is 3.12. The number of amides is 2. The lowest BCUT2D eigenvalue weighted by Gasteiger charge is -2.27. The molecule has 1 aromatic carbocycles. The molecule has 2 heterocycles. The fourth-order valence-corrected chi connectivity index (χ4v) is 5.33. The Kier molecular flexibility index (Phi) is 4.88. The third-order valence-corrected chi connectivity index (χ3v) is 7.10. The number of rotatable bonds is 3. The van der Waals surface area contributed by atoms with Crippen LogP contribution in [0.5, 0.6) is 0 Å². The zero-order valence-corrected chi connectivity index (χ0v) is 18.4. The Hall–Kier alpha value is -2.87. The van der Waals surface area contributed by atoms with Crippen LogP contribution >= 0.6 is 11.6 Å². The Bertz CT molecular complexity index is 1120. The Morgan fingerprint density at radius 2 is 1.97 bits per heavy atom. The van der Waals surface area contributed by atoms with Crippen molar-refractivity contribution in [2.24, 2.45) is 11.1 Å². The average Bonchev–Trinajstić information content (AvgIpc) is 3.24. The standard InChI is InChI=1S/C22H25ClFN5O2/c1-21(20(26)31)6-7-22(9-21)10-28-18-15(22)16(23)12(8-27-18)11-4-5-13(25)14(17(11)24)19(30)29(2)3/h4-5,8H,6-7,9-10,25H2,1-3H3,(H2,26,31)(H,27,28)/t21-,22+/m1/s1. The van der Waals surface area contributed by atoms with E-state index in [4.69, 9.17) is 23.1 Å². The van der Waals surface area contributed by atoms with E-state index in [1.807, 2.05) is 6.92 Å². The maximum absolute atomic E-state index is 15.5. The minimum Gasteiger partial charge on any atom is -0.398 e. The second-order valence-corrected chi connectivity index (χ2v) is 9.41. The number of halogens is 2. The molecule has 1 aromatic heterocycles. The number of primary amides is 1. The van der Waals surface area contributed by atoms with E-state index in [2.05, 4.69) is 10.3 Å². The first kappa shape index (κ1) is 21.4. The maximum atomic E-state index is 15.5. The molecule has 31 heavy (non-hydrogen) atoms. The summed E-state index contributed by atoms with van der Waals surface area (Å²) in [6.45, 7) is 2.45. The molecular formula is C22H25ClFN5O2. The highest BCUT2D eigenvalue weighted by Gasteiger charge is 2.53. The molecule has 2 atom stereocenters. The van der Waals surface area contributed by atoms with Crippen molar-refractivity contribution >= 4 is 34.9 Å². The number of benzene rings is 1. The monoisotopic (exact) mass is 445 g/mol. The summed E-state index contributed by atoms with van der Waals surface area (Å²) in [7, 11) is 3.06. The predicted molar refractivity (Wildman–Crippen MR) is 118 cm³/mol. The fourth-order valence-electron chi connectivity index (χ4n) is 4.89. The van der Waals surface area contributed by atoms with Gasteiger partial charge in [0.2, 0.25) is 5.91 Å². The van der Waals surface area contributed by atoms with Crippen molar-refractivity contribution in [2.75, 3.05) is 31.7 Å². The molecule has 2 aromatic rings. The van der Waals surface area contributed by atoms with Crippen molar-refractivity contribution in [1.82, 2.24) is 9.88 Å². The summed E-state index contributed by atoms with van der Waals surface area (Å²) in [5.41, 5.74) is 11.7. The van der Waals surface area contributed by atoms with Crippen molar-refractivity contribution in [1.29, 1.82) is 0 Å². The number of carbonyl (C=O) groups is 2. The molecule has 1 aliphatic heterocycles. The van der Waals surface area contributed by atoms with Gasteiger partial charge in [-0.25, -0.2) is 9.37 Å². The quantitative estimate of drug-likeness (QED) is 0.628. The van der Waals surface area contributed by atoms with E-state index in [9.17, 15) is 9.59 Å². The molecule has 7 nitrogen and oxygen atoms in total. The van der Waals surface area contributed by atoms with Crippen LogP contribution in [0.2, 0.25) is 5.02 Å². The minimum atomic E-state index is -0.740. The molecule has 0 unspecified atom stereocenters. The number of pyridine rings is 1. The summed E-state index contributed by atoms with van der Waals surface area (Å²) in [6, 6.07) is 3.00. The van der Waals surface area contributed by atoms with Gasteiger partial charge in [-0.3, -0.25) is 9.59 Å². The molecule has 1 fully saturated rings. The maximum Gasteiger partial charge on any atom is 0.258 e. The summed E-state index contributed by atoms with van der Waals surface area (Å²) in [5, 5.41) is 3.63. The van der Waals surface area contributed by atoms with Gasteiger partial charge in [0.1, 0.15) is 11.6 Å². The van der Waals surface area contributed by atoms with Crippen molar-refractivity contribution in [3.8, 4) is 11.1 Å². The molecule has 164 valence electrons. The van der Waals surface area contributed by atoms with Crippen LogP contribution in [0.4, 0.5) is 15.9 Å². The van der Waals surface area contributed by atoms with Crippen LogP contribution < -0.4 is 16.8 Å². The lowest BCUT2D eigenvalue weighted by atomic mass is 9.76. The van der Waals surface area contributed by atoms with E-state index in [1.165, 1.54) is 37.3 Å². The largest absolute Gasteiger partial charge is 0.398 e. The number of carbonyl (C=O) groups excluding carboxylic acids is 2. The van der Waals surface area contributed by atoms with E-state index < -0.39 is 22.6 Å². The van der Waals surface area contributed by atoms with E-state index in [-0.39, 0.29) is 22.7 Å². The van der Waals surface area contributed by atoms with E-state index >= 15 is 4.39 Å². The molecule has 0 bridgehead atoms. The van der Waals surface area contributed by atoms with Gasteiger partial charge in [0.05, 0.1) is 10.6 Å². The Morgan fingerprint density at radius 1 is 1.26 bits per heavy atom. The van der Waals surface area contributed by atoms with Gasteiger partial charge in [-0.2, -0.15) is 0 Å². The Balaban J connectivity index is 1.86. The van der Waals surface area contributed by atoms with Gasteiger partial charge < -0.3 is 21.7 Å².